The van der Waals surface area contributed by atoms with Crippen molar-refractivity contribution in [3.05, 3.63) is 42.4 Å². The zero-order valence-corrected chi connectivity index (χ0v) is 24.0. The minimum absolute atomic E-state index is 0.0832. The minimum Gasteiger partial charge on any atom is -0.476 e. The molecule has 14 heteroatoms. The molecule has 0 aliphatic carbocycles. The van der Waals surface area contributed by atoms with E-state index in [-0.39, 0.29) is 12.1 Å². The van der Waals surface area contributed by atoms with Gasteiger partial charge in [-0.05, 0) is 19.0 Å². The number of carboxylic acid groups (broad SMARTS) is 1. The van der Waals surface area contributed by atoms with Crippen LogP contribution in [0.4, 0.5) is 11.6 Å². The van der Waals surface area contributed by atoms with Crippen molar-refractivity contribution in [3.8, 4) is 17.3 Å². The van der Waals surface area contributed by atoms with Gasteiger partial charge < -0.3 is 25.0 Å². The lowest BCUT2D eigenvalue weighted by atomic mass is 9.87. The van der Waals surface area contributed by atoms with Crippen molar-refractivity contribution >= 4 is 36.7 Å². The fourth-order valence-electron chi connectivity index (χ4n) is 4.82. The first-order valence-electron chi connectivity index (χ1n) is 12.9. The Morgan fingerprint density at radius 3 is 2.73 bits per heavy atom. The first kappa shape index (κ1) is 27.2. The Morgan fingerprint density at radius 1 is 1.27 bits per heavy atom. The van der Waals surface area contributed by atoms with E-state index in [0.29, 0.717) is 55.0 Å². The van der Waals surface area contributed by atoms with Crippen molar-refractivity contribution in [3.63, 3.8) is 0 Å². The number of nitrogen functional groups attached to an aromatic ring is 1. The number of nitrogens with zero attached hydrogens (tertiary/aromatic N) is 9. The maximum Gasteiger partial charge on any atom is 0.356 e. The number of nitriles is 1. The Bertz CT molecular complexity index is 1610. The summed E-state index contributed by atoms with van der Waals surface area (Å²) in [5, 5.41) is 24.3. The monoisotopic (exact) mass is 560 g/mol. The summed E-state index contributed by atoms with van der Waals surface area (Å²) in [6, 6.07) is 5.30. The summed E-state index contributed by atoms with van der Waals surface area (Å²) in [5.74, 6) is -0.277. The Labute approximate surface area is 232 Å². The fourth-order valence-corrected chi connectivity index (χ4v) is 5.58. The standard InChI is InChI=1S/C26H32N10O3Si/c1-17-21(25(37)38)29-11-20(32-17)35-13-26(14-35,6-7-27)36-12-19(23(28)33-36)22-18-5-8-34(24(18)31-15-30-22)16-39-9-10-40(2,3)4/h5,8,11-12,15H,6,9-10,13-14,16H2,1-4H3,(H2,28,33)(H,37,38). The van der Waals surface area contributed by atoms with Gasteiger partial charge in [0, 0.05) is 45.6 Å². The Kier molecular flexibility index (Phi) is 7.02. The number of anilines is 2. The molecular weight excluding hydrogens is 528 g/mol. The van der Waals surface area contributed by atoms with Crippen LogP contribution >= 0.6 is 0 Å². The highest BCUT2D eigenvalue weighted by molar-refractivity contribution is 6.76. The van der Waals surface area contributed by atoms with Gasteiger partial charge in [0.25, 0.3) is 0 Å². The van der Waals surface area contributed by atoms with Crippen LogP contribution in [0.3, 0.4) is 0 Å². The predicted octanol–water partition coefficient (Wildman–Crippen LogP) is 3.12. The fraction of sp³-hybridized carbons (Fsp3) is 0.423. The molecule has 0 spiro atoms. The van der Waals surface area contributed by atoms with E-state index >= 15 is 0 Å². The van der Waals surface area contributed by atoms with Gasteiger partial charge in [0.15, 0.2) is 11.5 Å². The number of nitrogens with two attached hydrogens (primary N) is 1. The molecule has 0 unspecified atom stereocenters. The second-order valence-electron chi connectivity index (χ2n) is 11.3. The molecule has 13 nitrogen and oxygen atoms in total. The van der Waals surface area contributed by atoms with Crippen LogP contribution in [0.25, 0.3) is 22.3 Å². The first-order chi connectivity index (χ1) is 19.0. The zero-order valence-electron chi connectivity index (χ0n) is 23.0. The maximum absolute atomic E-state index is 11.3. The number of ether oxygens (including phenoxy) is 1. The molecule has 4 aromatic heterocycles. The van der Waals surface area contributed by atoms with Crippen LogP contribution in [0.1, 0.15) is 22.6 Å². The molecule has 0 atom stereocenters. The van der Waals surface area contributed by atoms with Gasteiger partial charge in [-0.1, -0.05) is 19.6 Å². The molecule has 5 rings (SSSR count). The zero-order chi connectivity index (χ0) is 28.7. The van der Waals surface area contributed by atoms with Crippen LogP contribution in [0, 0.1) is 18.3 Å². The molecule has 1 aliphatic heterocycles. The first-order valence-corrected chi connectivity index (χ1v) is 16.6. The van der Waals surface area contributed by atoms with E-state index in [9.17, 15) is 15.2 Å². The molecule has 5 heterocycles. The van der Waals surface area contributed by atoms with E-state index in [0.717, 1.165) is 17.1 Å². The van der Waals surface area contributed by atoms with E-state index in [1.807, 2.05) is 27.9 Å². The molecule has 208 valence electrons. The predicted molar refractivity (Wildman–Crippen MR) is 151 cm³/mol. The van der Waals surface area contributed by atoms with E-state index in [4.69, 9.17) is 10.5 Å². The Morgan fingerprint density at radius 2 is 2.05 bits per heavy atom. The average Bonchev–Trinajstić information content (AvgIpc) is 3.46. The van der Waals surface area contributed by atoms with Gasteiger partial charge >= 0.3 is 5.97 Å². The lowest BCUT2D eigenvalue weighted by Gasteiger charge is -2.49. The molecule has 0 radical (unpaired) electrons. The van der Waals surface area contributed by atoms with Crippen LogP contribution in [0.5, 0.6) is 0 Å². The van der Waals surface area contributed by atoms with Crippen molar-refractivity contribution in [2.75, 3.05) is 30.3 Å². The highest BCUT2D eigenvalue weighted by atomic mass is 28.3. The molecule has 0 bridgehead atoms. The van der Waals surface area contributed by atoms with Crippen LogP contribution in [-0.4, -0.2) is 73.1 Å². The van der Waals surface area contributed by atoms with Gasteiger partial charge in [0.2, 0.25) is 0 Å². The van der Waals surface area contributed by atoms with Crippen LogP contribution < -0.4 is 10.6 Å². The highest BCUT2D eigenvalue weighted by Crippen LogP contribution is 2.38. The van der Waals surface area contributed by atoms with Gasteiger partial charge in [-0.15, -0.1) is 0 Å². The molecular formula is C26H32N10O3Si. The normalized spacial score (nSPS) is 14.7. The minimum atomic E-state index is -1.18. The molecule has 1 aliphatic rings. The lowest BCUT2D eigenvalue weighted by Crippen LogP contribution is -2.63. The second kappa shape index (κ2) is 10.3. The summed E-state index contributed by atoms with van der Waals surface area (Å²) in [5.41, 5.74) is 8.06. The van der Waals surface area contributed by atoms with E-state index in [1.54, 1.807) is 11.6 Å². The number of fused-ring (bicyclic) bond motifs is 1. The van der Waals surface area contributed by atoms with Gasteiger partial charge in [0.1, 0.15) is 30.1 Å². The average molecular weight is 561 g/mol. The van der Waals surface area contributed by atoms with Gasteiger partial charge in [-0.3, -0.25) is 4.68 Å². The summed E-state index contributed by atoms with van der Waals surface area (Å²) in [6.45, 7) is 10.6. The van der Waals surface area contributed by atoms with E-state index in [1.165, 1.54) is 12.5 Å². The third kappa shape index (κ3) is 5.13. The summed E-state index contributed by atoms with van der Waals surface area (Å²) in [4.78, 5) is 30.7. The van der Waals surface area contributed by atoms with Crippen molar-refractivity contribution in [1.82, 2.24) is 34.3 Å². The Hall–Kier alpha value is -4.35. The second-order valence-corrected chi connectivity index (χ2v) is 17.0. The largest absolute Gasteiger partial charge is 0.476 e. The molecule has 40 heavy (non-hydrogen) atoms. The van der Waals surface area contributed by atoms with Crippen molar-refractivity contribution in [2.24, 2.45) is 0 Å². The summed E-state index contributed by atoms with van der Waals surface area (Å²) < 4.78 is 9.62. The third-order valence-corrected chi connectivity index (χ3v) is 8.81. The molecule has 1 fully saturated rings. The number of rotatable bonds is 10. The van der Waals surface area contributed by atoms with Crippen LogP contribution in [-0.2, 0) is 17.0 Å². The summed E-state index contributed by atoms with van der Waals surface area (Å²) in [6.07, 6.45) is 6.90. The van der Waals surface area contributed by atoms with Gasteiger partial charge in [-0.25, -0.2) is 24.7 Å². The topological polar surface area (TPSA) is 174 Å². The SMILES string of the molecule is Cc1nc(N2CC(CC#N)(n3cc(-c4ncnc5c4ccn5COCC[Si](C)(C)C)c(N)n3)C2)cnc1C(=O)O. The van der Waals surface area contributed by atoms with Crippen molar-refractivity contribution in [1.29, 1.82) is 5.26 Å². The number of aromatic nitrogens is 7. The highest BCUT2D eigenvalue weighted by Gasteiger charge is 2.47. The molecule has 4 aromatic rings. The molecule has 3 N–H and O–H groups in total. The quantitative estimate of drug-likeness (QED) is 0.215. The summed E-state index contributed by atoms with van der Waals surface area (Å²) >= 11 is 0. The number of carbonyl (C=O) groups is 1. The Balaban J connectivity index is 1.38. The van der Waals surface area contributed by atoms with E-state index in [2.05, 4.69) is 50.7 Å². The third-order valence-electron chi connectivity index (χ3n) is 7.11. The lowest BCUT2D eigenvalue weighted by molar-refractivity contribution is 0.0689. The maximum atomic E-state index is 11.3. The number of carboxylic acids is 1. The smallest absolute Gasteiger partial charge is 0.356 e. The molecule has 0 amide bonds. The van der Waals surface area contributed by atoms with Crippen molar-refractivity contribution < 1.29 is 14.6 Å². The van der Waals surface area contributed by atoms with Gasteiger partial charge in [-0.2, -0.15) is 10.4 Å². The van der Waals surface area contributed by atoms with Crippen LogP contribution in [0.15, 0.2) is 31.0 Å². The number of hydrogen-bond acceptors (Lipinski definition) is 10. The van der Waals surface area contributed by atoms with E-state index < -0.39 is 19.6 Å². The molecule has 0 saturated carbocycles. The number of aryl methyl sites for hydroxylation is 1. The van der Waals surface area contributed by atoms with Crippen LogP contribution in [0.2, 0.25) is 25.7 Å². The number of aromatic carboxylic acids is 1. The summed E-state index contributed by atoms with van der Waals surface area (Å²) in [7, 11) is -1.18. The number of hydrogen-bond donors (Lipinski definition) is 2. The van der Waals surface area contributed by atoms with Crippen molar-refractivity contribution in [2.45, 2.75) is 51.3 Å². The molecule has 1 saturated heterocycles. The molecule has 0 aromatic carbocycles. The van der Waals surface area contributed by atoms with Gasteiger partial charge in [0.05, 0.1) is 35.6 Å².